The molecule has 0 unspecified atom stereocenters. The number of sulfonamides is 1. The van der Waals surface area contributed by atoms with E-state index in [0.29, 0.717) is 5.56 Å². The molecule has 0 aliphatic rings. The topological polar surface area (TPSA) is 80.3 Å². The number of hydrogen-bond acceptors (Lipinski definition) is 5. The van der Waals surface area contributed by atoms with E-state index in [2.05, 4.69) is 15.0 Å². The number of nitrogens with one attached hydrogen (secondary N) is 2. The average Bonchev–Trinajstić information content (AvgIpc) is 2.64. The zero-order chi connectivity index (χ0) is 20.1. The van der Waals surface area contributed by atoms with E-state index in [1.54, 1.807) is 49.5 Å². The number of rotatable bonds is 7. The molecule has 0 atom stereocenters. The molecule has 0 spiro atoms. The van der Waals surface area contributed by atoms with Crippen LogP contribution in [0.25, 0.3) is 0 Å². The molecule has 0 fully saturated rings. The second kappa shape index (κ2) is 8.31. The van der Waals surface area contributed by atoms with Crippen LogP contribution in [0.2, 0.25) is 0 Å². The van der Waals surface area contributed by atoms with Crippen molar-refractivity contribution in [1.82, 2.24) is 4.98 Å². The minimum absolute atomic E-state index is 0.124. The van der Waals surface area contributed by atoms with Crippen LogP contribution in [0.15, 0.2) is 71.8 Å². The lowest BCUT2D eigenvalue weighted by atomic mass is 10.2. The van der Waals surface area contributed by atoms with Crippen LogP contribution in [0.3, 0.4) is 0 Å². The van der Waals surface area contributed by atoms with Crippen LogP contribution in [-0.4, -0.2) is 19.5 Å². The van der Waals surface area contributed by atoms with Crippen LogP contribution in [0.4, 0.5) is 17.2 Å². The van der Waals surface area contributed by atoms with Gasteiger partial charge < -0.3 is 10.1 Å². The smallest absolute Gasteiger partial charge is 0.263 e. The van der Waals surface area contributed by atoms with Crippen molar-refractivity contribution in [3.8, 4) is 5.75 Å². The highest BCUT2D eigenvalue weighted by Crippen LogP contribution is 2.22. The summed E-state index contributed by atoms with van der Waals surface area (Å²) in [6.45, 7) is 5.71. The molecule has 2 N–H and O–H groups in total. The average molecular weight is 398 g/mol. The maximum atomic E-state index is 12.5. The molecule has 146 valence electrons. The van der Waals surface area contributed by atoms with E-state index in [0.717, 1.165) is 17.1 Å². The molecule has 3 rings (SSSR count). The molecule has 0 saturated heterocycles. The number of anilines is 3. The number of aryl methyl sites for hydroxylation is 1. The Bertz CT molecular complexity index is 1030. The molecule has 2 aromatic carbocycles. The molecular weight excluding hydrogens is 374 g/mol. The molecule has 0 saturated carbocycles. The Kier molecular flexibility index (Phi) is 5.84. The first-order valence-corrected chi connectivity index (χ1v) is 10.4. The molecule has 1 heterocycles. The first-order valence-electron chi connectivity index (χ1n) is 8.92. The van der Waals surface area contributed by atoms with Gasteiger partial charge in [-0.2, -0.15) is 0 Å². The lowest BCUT2D eigenvalue weighted by molar-refractivity contribution is 0.242. The summed E-state index contributed by atoms with van der Waals surface area (Å²) in [4.78, 5) is 4.43. The third-order valence-corrected chi connectivity index (χ3v) is 5.42. The Morgan fingerprint density at radius 1 is 0.929 bits per heavy atom. The summed E-state index contributed by atoms with van der Waals surface area (Å²) in [6.07, 6.45) is 1.70. The standard InChI is InChI=1S/C21H23N3O3S/c1-15(2)27-19-11-8-17(9-12-19)23-18-10-13-21(22-14-18)24-28(25,26)20-7-5-4-6-16(20)3/h4-15,23H,1-3H3,(H,22,24). The van der Waals surface area contributed by atoms with Gasteiger partial charge in [-0.3, -0.25) is 4.72 Å². The third kappa shape index (κ3) is 5.01. The van der Waals surface area contributed by atoms with Crippen molar-refractivity contribution in [3.05, 3.63) is 72.4 Å². The van der Waals surface area contributed by atoms with E-state index in [1.807, 2.05) is 38.1 Å². The number of hydrogen-bond donors (Lipinski definition) is 2. The highest BCUT2D eigenvalue weighted by atomic mass is 32.2. The van der Waals surface area contributed by atoms with Crippen molar-refractivity contribution in [2.45, 2.75) is 31.8 Å². The first-order chi connectivity index (χ1) is 13.3. The number of benzene rings is 2. The Labute approximate surface area is 165 Å². The fourth-order valence-electron chi connectivity index (χ4n) is 2.63. The van der Waals surface area contributed by atoms with E-state index in [4.69, 9.17) is 4.74 Å². The van der Waals surface area contributed by atoms with E-state index >= 15 is 0 Å². The fraction of sp³-hybridized carbons (Fsp3) is 0.190. The predicted molar refractivity (Wildman–Crippen MR) is 112 cm³/mol. The van der Waals surface area contributed by atoms with Gasteiger partial charge in [0.1, 0.15) is 11.6 Å². The number of ether oxygens (including phenoxy) is 1. The van der Waals surface area contributed by atoms with Gasteiger partial charge in [-0.1, -0.05) is 18.2 Å². The van der Waals surface area contributed by atoms with Crippen molar-refractivity contribution in [2.75, 3.05) is 10.0 Å². The van der Waals surface area contributed by atoms with Gasteiger partial charge in [0.25, 0.3) is 10.0 Å². The second-order valence-electron chi connectivity index (χ2n) is 6.62. The third-order valence-electron chi connectivity index (χ3n) is 3.90. The zero-order valence-electron chi connectivity index (χ0n) is 16.0. The Balaban J connectivity index is 1.67. The van der Waals surface area contributed by atoms with Gasteiger partial charge in [-0.25, -0.2) is 13.4 Å². The van der Waals surface area contributed by atoms with Crippen LogP contribution >= 0.6 is 0 Å². The zero-order valence-corrected chi connectivity index (χ0v) is 16.8. The minimum Gasteiger partial charge on any atom is -0.491 e. The SMILES string of the molecule is Cc1ccccc1S(=O)(=O)Nc1ccc(Nc2ccc(OC(C)C)cc2)cn1. The van der Waals surface area contributed by atoms with E-state index < -0.39 is 10.0 Å². The van der Waals surface area contributed by atoms with E-state index in [1.165, 1.54) is 0 Å². The summed E-state index contributed by atoms with van der Waals surface area (Å²) < 4.78 is 33.2. The van der Waals surface area contributed by atoms with Crippen molar-refractivity contribution < 1.29 is 13.2 Å². The molecule has 0 radical (unpaired) electrons. The molecule has 0 amide bonds. The lowest BCUT2D eigenvalue weighted by Crippen LogP contribution is -2.15. The van der Waals surface area contributed by atoms with Gasteiger partial charge in [0, 0.05) is 5.69 Å². The minimum atomic E-state index is -3.68. The summed E-state index contributed by atoms with van der Waals surface area (Å²) >= 11 is 0. The maximum Gasteiger partial charge on any atom is 0.263 e. The summed E-state index contributed by atoms with van der Waals surface area (Å²) in [5.74, 6) is 1.06. The first kappa shape index (κ1) is 19.7. The van der Waals surface area contributed by atoms with Crippen LogP contribution < -0.4 is 14.8 Å². The number of aromatic nitrogens is 1. The normalized spacial score (nSPS) is 11.3. The summed E-state index contributed by atoms with van der Waals surface area (Å²) in [5, 5.41) is 3.22. The van der Waals surface area contributed by atoms with Crippen LogP contribution in [0.5, 0.6) is 5.75 Å². The highest BCUT2D eigenvalue weighted by Gasteiger charge is 2.16. The van der Waals surface area contributed by atoms with Crippen LogP contribution in [0.1, 0.15) is 19.4 Å². The van der Waals surface area contributed by atoms with E-state index in [9.17, 15) is 8.42 Å². The molecule has 0 aliphatic carbocycles. The van der Waals surface area contributed by atoms with Gasteiger partial charge in [0.2, 0.25) is 0 Å². The Morgan fingerprint density at radius 3 is 2.21 bits per heavy atom. The fourth-order valence-corrected chi connectivity index (χ4v) is 3.89. The largest absolute Gasteiger partial charge is 0.491 e. The molecule has 0 bridgehead atoms. The second-order valence-corrected chi connectivity index (χ2v) is 8.27. The van der Waals surface area contributed by atoms with Crippen molar-refractivity contribution in [1.29, 1.82) is 0 Å². The lowest BCUT2D eigenvalue weighted by Gasteiger charge is -2.12. The predicted octanol–water partition coefficient (Wildman–Crippen LogP) is 4.72. The summed E-state index contributed by atoms with van der Waals surface area (Å²) in [7, 11) is -3.68. The molecule has 3 aromatic rings. The summed E-state index contributed by atoms with van der Waals surface area (Å²) in [5.41, 5.74) is 2.31. The van der Waals surface area contributed by atoms with Crippen LogP contribution in [-0.2, 0) is 10.0 Å². The monoisotopic (exact) mass is 397 g/mol. The quantitative estimate of drug-likeness (QED) is 0.603. The summed E-state index contributed by atoms with van der Waals surface area (Å²) in [6, 6.07) is 17.8. The van der Waals surface area contributed by atoms with Gasteiger partial charge >= 0.3 is 0 Å². The van der Waals surface area contributed by atoms with Gasteiger partial charge in [0.15, 0.2) is 0 Å². The van der Waals surface area contributed by atoms with E-state index in [-0.39, 0.29) is 16.8 Å². The molecular formula is C21H23N3O3S. The van der Waals surface area contributed by atoms with Crippen LogP contribution in [0, 0.1) is 6.92 Å². The highest BCUT2D eigenvalue weighted by molar-refractivity contribution is 7.92. The molecule has 0 aliphatic heterocycles. The number of pyridine rings is 1. The number of nitrogens with zero attached hydrogens (tertiary/aromatic N) is 1. The Morgan fingerprint density at radius 2 is 1.61 bits per heavy atom. The Hall–Kier alpha value is -3.06. The molecule has 6 nitrogen and oxygen atoms in total. The molecule has 7 heteroatoms. The van der Waals surface area contributed by atoms with Crippen molar-refractivity contribution in [3.63, 3.8) is 0 Å². The molecule has 1 aromatic heterocycles. The van der Waals surface area contributed by atoms with Crippen molar-refractivity contribution in [2.24, 2.45) is 0 Å². The van der Waals surface area contributed by atoms with Gasteiger partial charge in [0.05, 0.1) is 22.9 Å². The maximum absolute atomic E-state index is 12.5. The molecule has 28 heavy (non-hydrogen) atoms. The van der Waals surface area contributed by atoms with Gasteiger partial charge in [-0.15, -0.1) is 0 Å². The van der Waals surface area contributed by atoms with Crippen molar-refractivity contribution >= 4 is 27.2 Å². The van der Waals surface area contributed by atoms with Gasteiger partial charge in [-0.05, 0) is 68.8 Å².